The van der Waals surface area contributed by atoms with Gasteiger partial charge in [0.15, 0.2) is 29.4 Å². The Morgan fingerprint density at radius 1 is 1.23 bits per heavy atom. The van der Waals surface area contributed by atoms with E-state index in [1.165, 1.54) is 11.1 Å². The van der Waals surface area contributed by atoms with E-state index in [1.807, 2.05) is 6.07 Å². The molecule has 1 aromatic carbocycles. The van der Waals surface area contributed by atoms with Gasteiger partial charge in [0.05, 0.1) is 26.0 Å². The molecule has 12 heteroatoms. The number of methoxy groups -OCH3 is 1. The van der Waals surface area contributed by atoms with Gasteiger partial charge in [0.1, 0.15) is 11.3 Å². The van der Waals surface area contributed by atoms with Crippen LogP contribution in [0.15, 0.2) is 18.3 Å². The maximum Gasteiger partial charge on any atom is 0.331 e. The first-order valence-corrected chi connectivity index (χ1v) is 11.2. The number of anilines is 2. The lowest BCUT2D eigenvalue weighted by Gasteiger charge is -2.40. The van der Waals surface area contributed by atoms with Crippen LogP contribution in [0.5, 0.6) is 11.5 Å². The van der Waals surface area contributed by atoms with Crippen molar-refractivity contribution in [3.8, 4) is 11.5 Å². The topological polar surface area (TPSA) is 114 Å². The minimum Gasteiger partial charge on any atom is -0.505 e. The van der Waals surface area contributed by atoms with Crippen molar-refractivity contribution in [2.45, 2.75) is 19.7 Å². The number of ether oxygens (including phenoxy) is 2. The van der Waals surface area contributed by atoms with Crippen LogP contribution in [0.25, 0.3) is 11.0 Å². The number of fused-ring (bicyclic) bond motifs is 3. The number of aromatic nitrogens is 2. The molecule has 1 saturated heterocycles. The number of H-pyrrole nitrogens is 1. The smallest absolute Gasteiger partial charge is 0.331 e. The van der Waals surface area contributed by atoms with E-state index in [9.17, 15) is 19.4 Å². The number of hydrogen-bond acceptors (Lipinski definition) is 7. The van der Waals surface area contributed by atoms with E-state index in [4.69, 9.17) is 9.47 Å². The van der Waals surface area contributed by atoms with Crippen LogP contribution in [-0.4, -0.2) is 71.1 Å². The van der Waals surface area contributed by atoms with Gasteiger partial charge in [-0.3, -0.25) is 14.7 Å². The number of morpholine rings is 1. The average Bonchev–Trinajstić information content (AvgIpc) is 3.27. The summed E-state index contributed by atoms with van der Waals surface area (Å²) in [4.78, 5) is 25.2. The van der Waals surface area contributed by atoms with Crippen molar-refractivity contribution in [1.82, 2.24) is 14.9 Å². The van der Waals surface area contributed by atoms with Crippen LogP contribution in [0.3, 0.4) is 0 Å². The van der Waals surface area contributed by atoms with Gasteiger partial charge in [-0.2, -0.15) is 0 Å². The fraction of sp³-hybridized carbons (Fsp3) is 0.391. The van der Waals surface area contributed by atoms with Gasteiger partial charge in [0.2, 0.25) is 0 Å². The number of phenols is 1. The number of carbonyl (C=O) groups is 1. The van der Waals surface area contributed by atoms with Crippen LogP contribution < -0.4 is 14.5 Å². The zero-order valence-electron chi connectivity index (χ0n) is 19.2. The Balaban J connectivity index is 1.61. The molecule has 2 aliphatic heterocycles. The lowest BCUT2D eigenvalue weighted by Crippen LogP contribution is -2.50. The van der Waals surface area contributed by atoms with Gasteiger partial charge < -0.3 is 24.7 Å². The normalized spacial score (nSPS) is 18.9. The van der Waals surface area contributed by atoms with Crippen molar-refractivity contribution in [3.05, 3.63) is 41.2 Å². The zero-order valence-corrected chi connectivity index (χ0v) is 19.2. The molecule has 1 atom stereocenters. The number of nitrogens with zero attached hydrogens (tertiary/aromatic N) is 4. The molecule has 0 spiro atoms. The van der Waals surface area contributed by atoms with Gasteiger partial charge in [0.25, 0.3) is 0 Å². The molecule has 5 rings (SSSR count). The summed E-state index contributed by atoms with van der Waals surface area (Å²) in [7, 11) is 1.14. The predicted octanol–water partition coefficient (Wildman–Crippen LogP) is 2.84. The minimum absolute atomic E-state index is 0.150. The third-order valence-corrected chi connectivity index (χ3v) is 6.34. The first-order chi connectivity index (χ1) is 16.8. The van der Waals surface area contributed by atoms with Crippen molar-refractivity contribution < 1.29 is 33.3 Å². The van der Waals surface area contributed by atoms with Crippen molar-refractivity contribution in [2.24, 2.45) is 0 Å². The standard InChI is InChI=1S/C23H25F2N5O5/c1-3-29-19-13-8-12(11-28-4-6-35-7-5-28)27-21(13)26-10-14(19)22(32)30(23(29)33)20-17(24)15(31)9-16(34-2)18(20)25/h8-10,22,31-32H,3-7,11H2,1-2H3,(H,26,27). The molecule has 1 unspecified atom stereocenters. The minimum atomic E-state index is -1.76. The molecule has 2 aromatic heterocycles. The second kappa shape index (κ2) is 8.95. The highest BCUT2D eigenvalue weighted by Gasteiger charge is 2.42. The SMILES string of the molecule is CCN1C(=O)N(c2c(F)c(O)cc(OC)c2F)C(O)c2cnc3[nH]c(CN4CCOCC4)cc3c21. The van der Waals surface area contributed by atoms with Crippen molar-refractivity contribution in [3.63, 3.8) is 0 Å². The Morgan fingerprint density at radius 2 is 1.97 bits per heavy atom. The number of urea groups is 1. The van der Waals surface area contributed by atoms with Crippen LogP contribution >= 0.6 is 0 Å². The Morgan fingerprint density at radius 3 is 2.66 bits per heavy atom. The predicted molar refractivity (Wildman–Crippen MR) is 123 cm³/mol. The Labute approximate surface area is 199 Å². The zero-order chi connectivity index (χ0) is 24.9. The van der Waals surface area contributed by atoms with Gasteiger partial charge >= 0.3 is 6.03 Å². The monoisotopic (exact) mass is 489 g/mol. The summed E-state index contributed by atoms with van der Waals surface area (Å²) in [6.45, 7) is 5.38. The number of benzene rings is 1. The number of hydrogen-bond donors (Lipinski definition) is 3. The van der Waals surface area contributed by atoms with E-state index in [0.29, 0.717) is 41.4 Å². The highest BCUT2D eigenvalue weighted by atomic mass is 19.1. The number of pyridine rings is 1. The number of carbonyl (C=O) groups excluding carboxylic acids is 1. The van der Waals surface area contributed by atoms with E-state index in [1.54, 1.807) is 6.92 Å². The number of aromatic amines is 1. The molecule has 186 valence electrons. The Hall–Kier alpha value is -3.48. The van der Waals surface area contributed by atoms with Crippen molar-refractivity contribution in [2.75, 3.05) is 49.8 Å². The maximum absolute atomic E-state index is 15.1. The fourth-order valence-corrected chi connectivity index (χ4v) is 4.63. The van der Waals surface area contributed by atoms with Gasteiger partial charge in [-0.1, -0.05) is 0 Å². The van der Waals surface area contributed by atoms with E-state index in [0.717, 1.165) is 32.0 Å². The van der Waals surface area contributed by atoms with Crippen LogP contribution in [0, 0.1) is 11.6 Å². The number of aromatic hydroxyl groups is 1. The number of rotatable bonds is 5. The number of aliphatic hydroxyl groups is 1. The fourth-order valence-electron chi connectivity index (χ4n) is 4.63. The number of amides is 2. The largest absolute Gasteiger partial charge is 0.505 e. The van der Waals surface area contributed by atoms with Crippen molar-refractivity contribution in [1.29, 1.82) is 0 Å². The molecule has 0 saturated carbocycles. The molecule has 3 N–H and O–H groups in total. The number of halogens is 2. The highest BCUT2D eigenvalue weighted by molar-refractivity contribution is 6.12. The van der Waals surface area contributed by atoms with Crippen LogP contribution in [0.4, 0.5) is 25.0 Å². The first-order valence-electron chi connectivity index (χ1n) is 11.2. The average molecular weight is 489 g/mol. The van der Waals surface area contributed by atoms with Crippen LogP contribution in [0.2, 0.25) is 0 Å². The molecule has 35 heavy (non-hydrogen) atoms. The lowest BCUT2D eigenvalue weighted by molar-refractivity contribution is 0.0337. The summed E-state index contributed by atoms with van der Waals surface area (Å²) in [6.07, 6.45) is -0.389. The molecular formula is C23H25F2N5O5. The van der Waals surface area contributed by atoms with Crippen LogP contribution in [-0.2, 0) is 11.3 Å². The summed E-state index contributed by atoms with van der Waals surface area (Å²) < 4.78 is 40.2. The summed E-state index contributed by atoms with van der Waals surface area (Å²) in [6, 6.07) is 1.77. The molecule has 0 radical (unpaired) electrons. The molecule has 10 nitrogen and oxygen atoms in total. The molecule has 1 fully saturated rings. The maximum atomic E-state index is 15.1. The van der Waals surface area contributed by atoms with E-state index < -0.39 is 41.1 Å². The molecular weight excluding hydrogens is 464 g/mol. The number of aliphatic hydroxyl groups excluding tert-OH is 1. The van der Waals surface area contributed by atoms with E-state index >= 15 is 4.39 Å². The molecule has 2 aliphatic rings. The third kappa shape index (κ3) is 3.74. The Bertz CT molecular complexity index is 1290. The van der Waals surface area contributed by atoms with Gasteiger partial charge in [-0.15, -0.1) is 0 Å². The summed E-state index contributed by atoms with van der Waals surface area (Å²) >= 11 is 0. The Kier molecular flexibility index (Phi) is 5.95. The lowest BCUT2D eigenvalue weighted by atomic mass is 10.1. The first kappa shape index (κ1) is 23.3. The van der Waals surface area contributed by atoms with Gasteiger partial charge in [0, 0.05) is 55.1 Å². The number of nitrogens with one attached hydrogen (secondary N) is 1. The molecule has 4 heterocycles. The third-order valence-electron chi connectivity index (χ3n) is 6.34. The summed E-state index contributed by atoms with van der Waals surface area (Å²) in [5.74, 6) is -4.00. The second-order valence-electron chi connectivity index (χ2n) is 8.35. The number of phenolic OH excluding ortho intramolecular Hbond substituents is 1. The molecule has 3 aromatic rings. The molecule has 2 amide bonds. The highest BCUT2D eigenvalue weighted by Crippen LogP contribution is 2.45. The van der Waals surface area contributed by atoms with Gasteiger partial charge in [-0.05, 0) is 13.0 Å². The molecule has 0 aliphatic carbocycles. The van der Waals surface area contributed by atoms with Crippen LogP contribution in [0.1, 0.15) is 24.4 Å². The van der Waals surface area contributed by atoms with Crippen molar-refractivity contribution >= 4 is 28.4 Å². The van der Waals surface area contributed by atoms with Gasteiger partial charge in [-0.25, -0.2) is 18.6 Å². The van der Waals surface area contributed by atoms with E-state index in [2.05, 4.69) is 14.9 Å². The summed E-state index contributed by atoms with van der Waals surface area (Å²) in [5, 5.41) is 21.7. The second-order valence-corrected chi connectivity index (χ2v) is 8.35. The molecule has 0 bridgehead atoms. The quantitative estimate of drug-likeness (QED) is 0.505. The summed E-state index contributed by atoms with van der Waals surface area (Å²) in [5.41, 5.74) is 1.08. The van der Waals surface area contributed by atoms with E-state index in [-0.39, 0.29) is 12.1 Å².